The molecular formula is C23H25N3O3. The van der Waals surface area contributed by atoms with Crippen LogP contribution in [0.5, 0.6) is 11.5 Å². The summed E-state index contributed by atoms with van der Waals surface area (Å²) in [6, 6.07) is 15.0. The highest BCUT2D eigenvalue weighted by molar-refractivity contribution is 6.05. The first-order valence-corrected chi connectivity index (χ1v) is 9.39. The molecule has 0 fully saturated rings. The van der Waals surface area contributed by atoms with Gasteiger partial charge in [-0.1, -0.05) is 6.07 Å². The molecule has 1 aromatic heterocycles. The van der Waals surface area contributed by atoms with Gasteiger partial charge in [0.25, 0.3) is 5.91 Å². The number of methoxy groups -OCH3 is 1. The Hall–Kier alpha value is -3.54. The molecule has 6 nitrogen and oxygen atoms in total. The molecule has 3 aromatic rings. The molecule has 0 unspecified atom stereocenters. The molecule has 29 heavy (non-hydrogen) atoms. The van der Waals surface area contributed by atoms with Gasteiger partial charge in [0, 0.05) is 11.9 Å². The van der Waals surface area contributed by atoms with E-state index in [0.29, 0.717) is 22.7 Å². The lowest BCUT2D eigenvalue weighted by molar-refractivity contribution is 0.102. The lowest BCUT2D eigenvalue weighted by Gasteiger charge is -2.12. The number of benzene rings is 2. The molecule has 0 aliphatic rings. The normalized spacial score (nSPS) is 10.5. The Balaban J connectivity index is 1.72. The van der Waals surface area contributed by atoms with Crippen molar-refractivity contribution in [3.63, 3.8) is 0 Å². The van der Waals surface area contributed by atoms with E-state index in [1.165, 1.54) is 6.20 Å². The van der Waals surface area contributed by atoms with E-state index in [9.17, 15) is 4.79 Å². The number of nitrogens with zero attached hydrogens (tertiary/aromatic N) is 1. The Morgan fingerprint density at radius 2 is 1.76 bits per heavy atom. The van der Waals surface area contributed by atoms with E-state index in [4.69, 9.17) is 9.47 Å². The first-order chi connectivity index (χ1) is 13.9. The van der Waals surface area contributed by atoms with Crippen LogP contribution in [0.15, 0.2) is 60.9 Å². The molecule has 0 aliphatic heterocycles. The topological polar surface area (TPSA) is 72.5 Å². The monoisotopic (exact) mass is 391 g/mol. The van der Waals surface area contributed by atoms with E-state index in [1.807, 2.05) is 63.2 Å². The van der Waals surface area contributed by atoms with Gasteiger partial charge in [-0.2, -0.15) is 0 Å². The molecule has 0 spiro atoms. The molecule has 0 saturated carbocycles. The van der Waals surface area contributed by atoms with Crippen LogP contribution in [-0.2, 0) is 0 Å². The summed E-state index contributed by atoms with van der Waals surface area (Å²) in [5.41, 5.74) is 3.68. The zero-order valence-electron chi connectivity index (χ0n) is 17.0. The minimum Gasteiger partial charge on any atom is -0.495 e. The first-order valence-electron chi connectivity index (χ1n) is 9.39. The van der Waals surface area contributed by atoms with Crippen LogP contribution in [0, 0.1) is 6.92 Å². The smallest absolute Gasteiger partial charge is 0.257 e. The molecule has 0 aliphatic carbocycles. The average molecular weight is 391 g/mol. The number of hydrogen-bond donors (Lipinski definition) is 2. The number of pyridine rings is 1. The Bertz CT molecular complexity index is 985. The van der Waals surface area contributed by atoms with Crippen molar-refractivity contribution in [2.75, 3.05) is 17.7 Å². The lowest BCUT2D eigenvalue weighted by atomic mass is 10.2. The van der Waals surface area contributed by atoms with Gasteiger partial charge in [0.1, 0.15) is 11.5 Å². The SMILES string of the molecule is COc1ccc(C)cc1NC(=O)c1cncc(Nc2ccc(OC(C)C)cc2)c1. The van der Waals surface area contributed by atoms with Gasteiger partial charge < -0.3 is 20.1 Å². The maximum atomic E-state index is 12.7. The highest BCUT2D eigenvalue weighted by Crippen LogP contribution is 2.26. The minimum atomic E-state index is -0.259. The summed E-state index contributed by atoms with van der Waals surface area (Å²) >= 11 is 0. The number of aryl methyl sites for hydroxylation is 1. The fourth-order valence-electron chi connectivity index (χ4n) is 2.80. The maximum absolute atomic E-state index is 12.7. The third-order valence-corrected chi connectivity index (χ3v) is 4.12. The minimum absolute atomic E-state index is 0.125. The van der Waals surface area contributed by atoms with E-state index < -0.39 is 0 Å². The molecule has 150 valence electrons. The summed E-state index contributed by atoms with van der Waals surface area (Å²) in [6.07, 6.45) is 3.32. The van der Waals surface area contributed by atoms with Gasteiger partial charge in [-0.05, 0) is 68.8 Å². The van der Waals surface area contributed by atoms with E-state index in [0.717, 1.165) is 17.0 Å². The van der Waals surface area contributed by atoms with E-state index in [2.05, 4.69) is 15.6 Å². The molecule has 3 rings (SSSR count). The van der Waals surface area contributed by atoms with Crippen LogP contribution in [0.25, 0.3) is 0 Å². The summed E-state index contributed by atoms with van der Waals surface area (Å²) in [6.45, 7) is 5.93. The molecular weight excluding hydrogens is 366 g/mol. The Morgan fingerprint density at radius 1 is 1.00 bits per heavy atom. The average Bonchev–Trinajstić information content (AvgIpc) is 2.69. The molecule has 2 N–H and O–H groups in total. The number of ether oxygens (including phenoxy) is 2. The zero-order chi connectivity index (χ0) is 20.8. The molecule has 0 atom stereocenters. The summed E-state index contributed by atoms with van der Waals surface area (Å²) in [4.78, 5) is 16.9. The largest absolute Gasteiger partial charge is 0.495 e. The number of amides is 1. The molecule has 6 heteroatoms. The number of hydrogen-bond acceptors (Lipinski definition) is 5. The van der Waals surface area contributed by atoms with Gasteiger partial charge in [0.2, 0.25) is 0 Å². The second-order valence-electron chi connectivity index (χ2n) is 6.94. The number of rotatable bonds is 7. The van der Waals surface area contributed by atoms with E-state index in [-0.39, 0.29) is 12.0 Å². The van der Waals surface area contributed by atoms with Gasteiger partial charge in [0.05, 0.1) is 36.3 Å². The van der Waals surface area contributed by atoms with E-state index >= 15 is 0 Å². The van der Waals surface area contributed by atoms with Crippen molar-refractivity contribution in [2.45, 2.75) is 26.9 Å². The van der Waals surface area contributed by atoms with Gasteiger partial charge in [-0.15, -0.1) is 0 Å². The number of carbonyl (C=O) groups is 1. The zero-order valence-corrected chi connectivity index (χ0v) is 17.0. The second kappa shape index (κ2) is 9.10. The third kappa shape index (κ3) is 5.48. The highest BCUT2D eigenvalue weighted by Gasteiger charge is 2.11. The summed E-state index contributed by atoms with van der Waals surface area (Å²) < 4.78 is 11.0. The Labute approximate surface area is 170 Å². The number of anilines is 3. The van der Waals surface area contributed by atoms with Crippen LogP contribution in [0.2, 0.25) is 0 Å². The molecule has 1 heterocycles. The Morgan fingerprint density at radius 3 is 2.45 bits per heavy atom. The standard InChI is InChI=1S/C23H25N3O3/c1-15(2)29-20-8-6-18(7-9-20)25-19-12-17(13-24-14-19)23(27)26-21-11-16(3)5-10-22(21)28-4/h5-15,25H,1-4H3,(H,26,27). The van der Waals surface area contributed by atoms with Crippen LogP contribution < -0.4 is 20.1 Å². The predicted octanol–water partition coefficient (Wildman–Crippen LogP) is 5.18. The number of carbonyl (C=O) groups excluding carboxylic acids is 1. The van der Waals surface area contributed by atoms with Crippen molar-refractivity contribution in [1.82, 2.24) is 4.98 Å². The van der Waals surface area contributed by atoms with Gasteiger partial charge >= 0.3 is 0 Å². The third-order valence-electron chi connectivity index (χ3n) is 4.12. The quantitative estimate of drug-likeness (QED) is 0.580. The van der Waals surface area contributed by atoms with Crippen molar-refractivity contribution in [2.24, 2.45) is 0 Å². The van der Waals surface area contributed by atoms with Crippen LogP contribution in [0.1, 0.15) is 29.8 Å². The van der Waals surface area contributed by atoms with Crippen molar-refractivity contribution < 1.29 is 14.3 Å². The summed E-state index contributed by atoms with van der Waals surface area (Å²) in [5, 5.41) is 6.14. The molecule has 1 amide bonds. The maximum Gasteiger partial charge on any atom is 0.257 e. The molecule has 2 aromatic carbocycles. The molecule has 0 bridgehead atoms. The van der Waals surface area contributed by atoms with Crippen molar-refractivity contribution in [3.8, 4) is 11.5 Å². The highest BCUT2D eigenvalue weighted by atomic mass is 16.5. The van der Waals surface area contributed by atoms with Gasteiger partial charge in [-0.3, -0.25) is 9.78 Å². The number of nitrogens with one attached hydrogen (secondary N) is 2. The van der Waals surface area contributed by atoms with Gasteiger partial charge in [0.15, 0.2) is 0 Å². The first kappa shape index (κ1) is 20.2. The lowest BCUT2D eigenvalue weighted by Crippen LogP contribution is -2.13. The van der Waals surface area contributed by atoms with Gasteiger partial charge in [-0.25, -0.2) is 0 Å². The Kier molecular flexibility index (Phi) is 6.34. The summed E-state index contributed by atoms with van der Waals surface area (Å²) in [5.74, 6) is 1.16. The predicted molar refractivity (Wildman–Crippen MR) is 115 cm³/mol. The fourth-order valence-corrected chi connectivity index (χ4v) is 2.80. The van der Waals surface area contributed by atoms with Crippen molar-refractivity contribution in [3.05, 3.63) is 72.1 Å². The van der Waals surface area contributed by atoms with Crippen molar-refractivity contribution in [1.29, 1.82) is 0 Å². The number of aromatic nitrogens is 1. The van der Waals surface area contributed by atoms with Crippen LogP contribution >= 0.6 is 0 Å². The molecule has 0 saturated heterocycles. The van der Waals surface area contributed by atoms with Crippen LogP contribution in [-0.4, -0.2) is 24.1 Å². The second-order valence-corrected chi connectivity index (χ2v) is 6.94. The van der Waals surface area contributed by atoms with Crippen molar-refractivity contribution >= 4 is 23.0 Å². The molecule has 0 radical (unpaired) electrons. The fraction of sp³-hybridized carbons (Fsp3) is 0.217. The summed E-state index contributed by atoms with van der Waals surface area (Å²) in [7, 11) is 1.57. The van der Waals surface area contributed by atoms with Crippen LogP contribution in [0.4, 0.5) is 17.1 Å². The van der Waals surface area contributed by atoms with Crippen LogP contribution in [0.3, 0.4) is 0 Å². The van der Waals surface area contributed by atoms with E-state index in [1.54, 1.807) is 19.4 Å².